The SMILES string of the molecule is CCCOC(=O)C1=CS(=O)(=O)c2ccc(-c3cnn(C)c3)cc21. The number of ether oxygens (including phenoxy) is 1. The van der Waals surface area contributed by atoms with Gasteiger partial charge in [-0.15, -0.1) is 0 Å². The van der Waals surface area contributed by atoms with Crippen LogP contribution >= 0.6 is 0 Å². The first kappa shape index (κ1) is 15.5. The number of carbonyl (C=O) groups is 1. The molecule has 0 atom stereocenters. The Morgan fingerprint density at radius 3 is 2.74 bits per heavy atom. The average molecular weight is 332 g/mol. The molecule has 6 nitrogen and oxygen atoms in total. The number of hydrogen-bond donors (Lipinski definition) is 0. The molecule has 0 N–H and O–H groups in total. The van der Waals surface area contributed by atoms with Crippen LogP contribution < -0.4 is 0 Å². The van der Waals surface area contributed by atoms with Crippen molar-refractivity contribution < 1.29 is 17.9 Å². The molecule has 1 aliphatic heterocycles. The molecule has 3 rings (SSSR count). The maximum absolute atomic E-state index is 12.2. The predicted molar refractivity (Wildman–Crippen MR) is 85.1 cm³/mol. The molecule has 0 bridgehead atoms. The maximum atomic E-state index is 12.2. The van der Waals surface area contributed by atoms with Gasteiger partial charge in [-0.25, -0.2) is 13.2 Å². The Hall–Kier alpha value is -2.41. The Morgan fingerprint density at radius 1 is 1.30 bits per heavy atom. The molecule has 0 aliphatic carbocycles. The van der Waals surface area contributed by atoms with Gasteiger partial charge < -0.3 is 4.74 Å². The van der Waals surface area contributed by atoms with Gasteiger partial charge in [-0.05, 0) is 24.1 Å². The molecule has 0 spiro atoms. The van der Waals surface area contributed by atoms with Gasteiger partial charge in [0.05, 0.1) is 28.7 Å². The molecule has 1 aliphatic rings. The van der Waals surface area contributed by atoms with E-state index in [0.717, 1.165) is 16.5 Å². The van der Waals surface area contributed by atoms with Crippen LogP contribution in [0.1, 0.15) is 18.9 Å². The summed E-state index contributed by atoms with van der Waals surface area (Å²) in [5.74, 6) is -0.613. The summed E-state index contributed by atoms with van der Waals surface area (Å²) in [4.78, 5) is 12.3. The van der Waals surface area contributed by atoms with Crippen LogP contribution in [0.5, 0.6) is 0 Å². The molecule has 0 saturated carbocycles. The normalized spacial score (nSPS) is 15.1. The van der Waals surface area contributed by atoms with Gasteiger partial charge in [0.25, 0.3) is 0 Å². The van der Waals surface area contributed by atoms with Crippen LogP contribution in [0.4, 0.5) is 0 Å². The fourth-order valence-electron chi connectivity index (χ4n) is 2.45. The summed E-state index contributed by atoms with van der Waals surface area (Å²) >= 11 is 0. The minimum Gasteiger partial charge on any atom is -0.462 e. The van der Waals surface area contributed by atoms with E-state index < -0.39 is 15.8 Å². The molecule has 2 aromatic rings. The van der Waals surface area contributed by atoms with Crippen molar-refractivity contribution >= 4 is 21.4 Å². The Kier molecular flexibility index (Phi) is 3.81. The van der Waals surface area contributed by atoms with Crippen LogP contribution in [-0.2, 0) is 26.4 Å². The smallest absolute Gasteiger partial charge is 0.339 e. The zero-order valence-electron chi connectivity index (χ0n) is 12.8. The van der Waals surface area contributed by atoms with Crippen LogP contribution in [0.15, 0.2) is 40.9 Å². The molecule has 1 aromatic heterocycles. The molecule has 0 amide bonds. The van der Waals surface area contributed by atoms with Crippen molar-refractivity contribution in [1.82, 2.24) is 9.78 Å². The van der Waals surface area contributed by atoms with Crippen LogP contribution in [0.3, 0.4) is 0 Å². The quantitative estimate of drug-likeness (QED) is 0.802. The first-order valence-electron chi connectivity index (χ1n) is 7.19. The third kappa shape index (κ3) is 2.79. The van der Waals surface area contributed by atoms with Crippen molar-refractivity contribution in [2.24, 2.45) is 7.05 Å². The van der Waals surface area contributed by atoms with E-state index in [2.05, 4.69) is 5.10 Å². The fraction of sp³-hybridized carbons (Fsp3) is 0.250. The number of hydrogen-bond acceptors (Lipinski definition) is 5. The van der Waals surface area contributed by atoms with E-state index in [1.807, 2.05) is 13.1 Å². The molecule has 120 valence electrons. The third-order valence-electron chi connectivity index (χ3n) is 3.54. The molecule has 0 fully saturated rings. The van der Waals surface area contributed by atoms with E-state index in [4.69, 9.17) is 4.74 Å². The van der Waals surface area contributed by atoms with Crippen LogP contribution in [0.25, 0.3) is 16.7 Å². The standard InChI is InChI=1S/C16H16N2O4S/c1-3-6-22-16(19)14-10-23(20,21)15-5-4-11(7-13(14)15)12-8-17-18(2)9-12/h4-5,7-10H,3,6H2,1-2H3. The lowest BCUT2D eigenvalue weighted by molar-refractivity contribution is -0.136. The number of fused-ring (bicyclic) bond motifs is 1. The lowest BCUT2D eigenvalue weighted by Crippen LogP contribution is -2.06. The van der Waals surface area contributed by atoms with E-state index in [-0.39, 0.29) is 17.1 Å². The lowest BCUT2D eigenvalue weighted by atomic mass is 10.0. The first-order chi connectivity index (χ1) is 10.9. The molecule has 7 heteroatoms. The molecule has 2 heterocycles. The molecule has 0 unspecified atom stereocenters. The van der Waals surface area contributed by atoms with E-state index in [9.17, 15) is 13.2 Å². The van der Waals surface area contributed by atoms with Gasteiger partial charge >= 0.3 is 5.97 Å². The van der Waals surface area contributed by atoms with Crippen molar-refractivity contribution in [1.29, 1.82) is 0 Å². The Morgan fingerprint density at radius 2 is 2.09 bits per heavy atom. The van der Waals surface area contributed by atoms with Crippen LogP contribution in [0, 0.1) is 0 Å². The summed E-state index contributed by atoms with van der Waals surface area (Å²) in [7, 11) is -1.80. The van der Waals surface area contributed by atoms with Gasteiger partial charge in [0, 0.05) is 24.4 Å². The van der Waals surface area contributed by atoms with Crippen molar-refractivity contribution in [3.63, 3.8) is 0 Å². The number of carbonyl (C=O) groups excluding carboxylic acids is 1. The van der Waals surface area contributed by atoms with E-state index in [1.165, 1.54) is 6.07 Å². The summed E-state index contributed by atoms with van der Waals surface area (Å²) in [6.07, 6.45) is 4.18. The highest BCUT2D eigenvalue weighted by Gasteiger charge is 2.31. The summed E-state index contributed by atoms with van der Waals surface area (Å²) in [6.45, 7) is 2.13. The van der Waals surface area contributed by atoms with Crippen LogP contribution in [0.2, 0.25) is 0 Å². The topological polar surface area (TPSA) is 78.3 Å². The first-order valence-corrected chi connectivity index (χ1v) is 8.74. The second-order valence-electron chi connectivity index (χ2n) is 5.33. The summed E-state index contributed by atoms with van der Waals surface area (Å²) < 4.78 is 31.1. The van der Waals surface area contributed by atoms with Gasteiger partial charge in [-0.1, -0.05) is 13.0 Å². The number of esters is 1. The Labute approximate surface area is 134 Å². The van der Waals surface area contributed by atoms with Crippen molar-refractivity contribution in [3.05, 3.63) is 41.6 Å². The Balaban J connectivity index is 2.06. The van der Waals surface area contributed by atoms with E-state index in [0.29, 0.717) is 12.0 Å². The highest BCUT2D eigenvalue weighted by atomic mass is 32.2. The number of nitrogens with zero attached hydrogens (tertiary/aromatic N) is 2. The van der Waals surface area contributed by atoms with Crippen molar-refractivity contribution in [3.8, 4) is 11.1 Å². The average Bonchev–Trinajstić information content (AvgIpc) is 3.06. The zero-order chi connectivity index (χ0) is 16.6. The van der Waals surface area contributed by atoms with Crippen LogP contribution in [-0.4, -0.2) is 30.8 Å². The lowest BCUT2D eigenvalue weighted by Gasteiger charge is -2.07. The number of rotatable bonds is 4. The van der Waals surface area contributed by atoms with Gasteiger partial charge in [-0.2, -0.15) is 5.10 Å². The fourth-order valence-corrected chi connectivity index (χ4v) is 3.84. The molecule has 1 aromatic carbocycles. The van der Waals surface area contributed by atoms with Crippen molar-refractivity contribution in [2.45, 2.75) is 18.2 Å². The van der Waals surface area contributed by atoms with Crippen molar-refractivity contribution in [2.75, 3.05) is 6.61 Å². The monoisotopic (exact) mass is 332 g/mol. The van der Waals surface area contributed by atoms with Gasteiger partial charge in [0.15, 0.2) is 0 Å². The summed E-state index contributed by atoms with van der Waals surface area (Å²) in [6, 6.07) is 4.92. The number of sulfone groups is 1. The summed E-state index contributed by atoms with van der Waals surface area (Å²) in [5, 5.41) is 5.09. The van der Waals surface area contributed by atoms with Gasteiger partial charge in [-0.3, -0.25) is 4.68 Å². The number of aromatic nitrogens is 2. The second kappa shape index (κ2) is 5.66. The minimum absolute atomic E-state index is 0.0826. The Bertz CT molecular complexity index is 910. The van der Waals surface area contributed by atoms with Gasteiger partial charge in [0.1, 0.15) is 0 Å². The molecule has 0 radical (unpaired) electrons. The number of benzene rings is 1. The number of aryl methyl sites for hydroxylation is 1. The zero-order valence-corrected chi connectivity index (χ0v) is 13.6. The largest absolute Gasteiger partial charge is 0.462 e. The van der Waals surface area contributed by atoms with Gasteiger partial charge in [0.2, 0.25) is 9.84 Å². The van der Waals surface area contributed by atoms with E-state index in [1.54, 1.807) is 30.1 Å². The highest BCUT2D eigenvalue weighted by Crippen LogP contribution is 2.36. The van der Waals surface area contributed by atoms with E-state index >= 15 is 0 Å². The minimum atomic E-state index is -3.60. The third-order valence-corrected chi connectivity index (χ3v) is 5.06. The maximum Gasteiger partial charge on any atom is 0.339 e. The molecular formula is C16H16N2O4S. The summed E-state index contributed by atoms with van der Waals surface area (Å²) in [5.41, 5.74) is 2.11. The molecule has 23 heavy (non-hydrogen) atoms. The molecule has 0 saturated heterocycles. The predicted octanol–water partition coefficient (Wildman–Crippen LogP) is 2.17. The molecular weight excluding hydrogens is 316 g/mol. The highest BCUT2D eigenvalue weighted by molar-refractivity contribution is 7.95. The second-order valence-corrected chi connectivity index (χ2v) is 7.09.